The molecule has 3 aromatic heterocycles. The highest BCUT2D eigenvalue weighted by Crippen LogP contribution is 2.02. The van der Waals surface area contributed by atoms with Crippen molar-refractivity contribution in [2.75, 3.05) is 0 Å². The fourth-order valence-corrected chi connectivity index (χ4v) is 1.78. The Bertz CT molecular complexity index is 799. The van der Waals surface area contributed by atoms with Gasteiger partial charge in [-0.15, -0.1) is 0 Å². The van der Waals surface area contributed by atoms with Crippen LogP contribution >= 0.6 is 0 Å². The number of nitrogens with zero attached hydrogens (tertiary/aromatic N) is 2. The molecule has 0 unspecified atom stereocenters. The smallest absolute Gasteiger partial charge is 0.329 e. The van der Waals surface area contributed by atoms with Crippen LogP contribution in [0.5, 0.6) is 0 Å². The lowest BCUT2D eigenvalue weighted by Crippen LogP contribution is -2.35. The van der Waals surface area contributed by atoms with Crippen molar-refractivity contribution in [3.63, 3.8) is 0 Å². The number of pyridine rings is 1. The van der Waals surface area contributed by atoms with Crippen molar-refractivity contribution in [1.29, 1.82) is 0 Å². The second-order valence-corrected chi connectivity index (χ2v) is 3.80. The zero-order valence-electron chi connectivity index (χ0n) is 9.29. The summed E-state index contributed by atoms with van der Waals surface area (Å²) >= 11 is 0. The molecule has 0 aromatic carbocycles. The van der Waals surface area contributed by atoms with E-state index in [9.17, 15) is 9.59 Å². The molecule has 6 nitrogen and oxygen atoms in total. The topological polar surface area (TPSA) is 80.9 Å². The van der Waals surface area contributed by atoms with Gasteiger partial charge < -0.3 is 9.40 Å². The molecule has 1 N–H and O–H groups in total. The Morgan fingerprint density at radius 3 is 2.94 bits per heavy atom. The van der Waals surface area contributed by atoms with Crippen molar-refractivity contribution in [2.24, 2.45) is 0 Å². The molecule has 18 heavy (non-hydrogen) atoms. The van der Waals surface area contributed by atoms with Crippen LogP contribution in [0, 0.1) is 0 Å². The maximum Gasteiger partial charge on any atom is 0.329 e. The molecule has 0 spiro atoms. The Morgan fingerprint density at radius 2 is 2.17 bits per heavy atom. The van der Waals surface area contributed by atoms with Gasteiger partial charge in [-0.2, -0.15) is 0 Å². The van der Waals surface area contributed by atoms with Crippen molar-refractivity contribution in [3.05, 3.63) is 63.3 Å². The largest absolute Gasteiger partial charge is 0.467 e. The fraction of sp³-hybridized carbons (Fsp3) is 0.0833. The molecule has 0 fully saturated rings. The summed E-state index contributed by atoms with van der Waals surface area (Å²) in [5.41, 5.74) is -0.227. The Labute approximate surface area is 101 Å². The number of fused-ring (bicyclic) bond motifs is 1. The molecule has 0 atom stereocenters. The van der Waals surface area contributed by atoms with Crippen molar-refractivity contribution >= 4 is 11.0 Å². The summed E-state index contributed by atoms with van der Waals surface area (Å²) in [4.78, 5) is 30.5. The normalized spacial score (nSPS) is 10.9. The van der Waals surface area contributed by atoms with E-state index in [-0.39, 0.29) is 12.1 Å². The maximum absolute atomic E-state index is 12.1. The first-order valence-electron chi connectivity index (χ1n) is 5.36. The Balaban J connectivity index is 2.23. The summed E-state index contributed by atoms with van der Waals surface area (Å²) in [6.07, 6.45) is 3.01. The number of aromatic amines is 1. The molecule has 0 aliphatic heterocycles. The summed E-state index contributed by atoms with van der Waals surface area (Å²) in [6, 6.07) is 6.71. The molecular formula is C12H9N3O3. The Hall–Kier alpha value is -2.63. The van der Waals surface area contributed by atoms with E-state index in [2.05, 4.69) is 9.97 Å². The van der Waals surface area contributed by atoms with Crippen LogP contribution in [0.2, 0.25) is 0 Å². The van der Waals surface area contributed by atoms with Crippen molar-refractivity contribution in [2.45, 2.75) is 6.54 Å². The molecule has 0 radical (unpaired) electrons. The van der Waals surface area contributed by atoms with Gasteiger partial charge in [0, 0.05) is 6.20 Å². The fourth-order valence-electron chi connectivity index (χ4n) is 1.78. The summed E-state index contributed by atoms with van der Waals surface area (Å²) in [7, 11) is 0. The van der Waals surface area contributed by atoms with Crippen LogP contribution in [0.25, 0.3) is 11.0 Å². The van der Waals surface area contributed by atoms with Gasteiger partial charge in [0.2, 0.25) is 0 Å². The van der Waals surface area contributed by atoms with Crippen molar-refractivity contribution in [3.8, 4) is 0 Å². The number of nitrogens with one attached hydrogen (secondary N) is 1. The molecule has 3 rings (SSSR count). The molecule has 90 valence electrons. The van der Waals surface area contributed by atoms with E-state index in [1.54, 1.807) is 24.3 Å². The van der Waals surface area contributed by atoms with Gasteiger partial charge in [-0.05, 0) is 24.3 Å². The number of hydrogen-bond donors (Lipinski definition) is 1. The lowest BCUT2D eigenvalue weighted by atomic mass is 10.3. The quantitative estimate of drug-likeness (QED) is 0.719. The van der Waals surface area contributed by atoms with Crippen LogP contribution in [0.3, 0.4) is 0 Å². The van der Waals surface area contributed by atoms with E-state index in [1.807, 2.05) is 0 Å². The van der Waals surface area contributed by atoms with Crippen molar-refractivity contribution in [1.82, 2.24) is 14.5 Å². The van der Waals surface area contributed by atoms with Crippen LogP contribution in [0.1, 0.15) is 5.76 Å². The van der Waals surface area contributed by atoms with Gasteiger partial charge in [-0.3, -0.25) is 9.36 Å². The molecule has 6 heteroatoms. The minimum Gasteiger partial charge on any atom is -0.467 e. The number of rotatable bonds is 2. The molecular weight excluding hydrogens is 234 g/mol. The highest BCUT2D eigenvalue weighted by molar-refractivity contribution is 5.71. The molecule has 0 saturated heterocycles. The zero-order chi connectivity index (χ0) is 12.5. The third kappa shape index (κ3) is 1.64. The van der Waals surface area contributed by atoms with Crippen molar-refractivity contribution < 1.29 is 4.42 Å². The van der Waals surface area contributed by atoms with E-state index >= 15 is 0 Å². The van der Waals surface area contributed by atoms with E-state index in [4.69, 9.17) is 4.42 Å². The number of aromatic nitrogens is 3. The maximum atomic E-state index is 12.1. The van der Waals surface area contributed by atoms with Gasteiger partial charge >= 0.3 is 5.69 Å². The van der Waals surface area contributed by atoms with E-state index in [0.29, 0.717) is 11.3 Å². The van der Waals surface area contributed by atoms with Crippen LogP contribution in [0.15, 0.2) is 50.7 Å². The Morgan fingerprint density at radius 1 is 1.28 bits per heavy atom. The van der Waals surface area contributed by atoms with Crippen LogP contribution < -0.4 is 11.2 Å². The summed E-state index contributed by atoms with van der Waals surface area (Å²) < 4.78 is 6.19. The molecule has 0 aliphatic rings. The van der Waals surface area contributed by atoms with Gasteiger partial charge in [0.1, 0.15) is 5.76 Å². The highest BCUT2D eigenvalue weighted by Gasteiger charge is 2.09. The minimum absolute atomic E-state index is 0.0910. The van der Waals surface area contributed by atoms with E-state index in [1.165, 1.54) is 12.5 Å². The second kappa shape index (κ2) is 3.99. The van der Waals surface area contributed by atoms with E-state index < -0.39 is 11.2 Å². The van der Waals surface area contributed by atoms with Gasteiger partial charge in [0.05, 0.1) is 18.3 Å². The number of hydrogen-bond acceptors (Lipinski definition) is 4. The molecule has 0 bridgehead atoms. The summed E-state index contributed by atoms with van der Waals surface area (Å²) in [5.74, 6) is 0.540. The van der Waals surface area contributed by atoms with Gasteiger partial charge in [0.25, 0.3) is 5.56 Å². The first-order chi connectivity index (χ1) is 8.75. The Kier molecular flexibility index (Phi) is 2.33. The first kappa shape index (κ1) is 10.5. The van der Waals surface area contributed by atoms with Gasteiger partial charge in [-0.1, -0.05) is 0 Å². The standard InChI is InChI=1S/C12H9N3O3/c16-11-10-9(4-1-5-13-10)14-12(17)15(11)7-8-3-2-6-18-8/h1-6H,7H2,(H,14,17). The molecule has 3 heterocycles. The van der Waals surface area contributed by atoms with Crippen LogP contribution in [-0.2, 0) is 6.54 Å². The third-order valence-corrected chi connectivity index (χ3v) is 2.64. The minimum atomic E-state index is -0.475. The second-order valence-electron chi connectivity index (χ2n) is 3.80. The monoisotopic (exact) mass is 243 g/mol. The first-order valence-corrected chi connectivity index (χ1v) is 5.36. The lowest BCUT2D eigenvalue weighted by molar-refractivity contribution is 0.484. The predicted molar refractivity (Wildman–Crippen MR) is 64.4 cm³/mol. The lowest BCUT2D eigenvalue weighted by Gasteiger charge is -2.03. The number of furan rings is 1. The molecule has 3 aromatic rings. The predicted octanol–water partition coefficient (Wildman–Crippen LogP) is 0.726. The zero-order valence-corrected chi connectivity index (χ0v) is 9.29. The van der Waals surface area contributed by atoms with Gasteiger partial charge in [-0.25, -0.2) is 9.78 Å². The number of H-pyrrole nitrogens is 1. The highest BCUT2D eigenvalue weighted by atomic mass is 16.3. The molecule has 0 amide bonds. The summed E-state index contributed by atoms with van der Waals surface area (Å²) in [6.45, 7) is 0.0910. The SMILES string of the molecule is O=c1[nH]c2cccnc2c(=O)n1Cc1ccco1. The molecule has 0 aliphatic carbocycles. The van der Waals surface area contributed by atoms with Gasteiger partial charge in [0.15, 0.2) is 5.52 Å². The average molecular weight is 243 g/mol. The van der Waals surface area contributed by atoms with E-state index in [0.717, 1.165) is 4.57 Å². The summed E-state index contributed by atoms with van der Waals surface area (Å²) in [5, 5.41) is 0. The van der Waals surface area contributed by atoms with Crippen LogP contribution in [-0.4, -0.2) is 14.5 Å². The third-order valence-electron chi connectivity index (χ3n) is 2.64. The van der Waals surface area contributed by atoms with Crippen LogP contribution in [0.4, 0.5) is 0 Å². The molecule has 0 saturated carbocycles. The average Bonchev–Trinajstić information content (AvgIpc) is 2.87.